The van der Waals surface area contributed by atoms with Gasteiger partial charge in [0.2, 0.25) is 0 Å². The molecule has 2 aromatic carbocycles. The standard InChI is InChI=1S/C20H20ClN3OS/c1-23-10-12-24(13-11-23)15-8-6-14(7-9-15)22-20(25)19-18(21)16-4-2-3-5-17(16)26-19/h2-9H,10-13H2,1H3,(H,22,25). The SMILES string of the molecule is CN1CCN(c2ccc(NC(=O)c3sc4ccccc4c3Cl)cc2)CC1. The molecule has 3 aromatic rings. The van der Waals surface area contributed by atoms with Crippen molar-refractivity contribution in [1.29, 1.82) is 0 Å². The summed E-state index contributed by atoms with van der Waals surface area (Å²) >= 11 is 7.82. The zero-order valence-electron chi connectivity index (χ0n) is 14.5. The highest BCUT2D eigenvalue weighted by molar-refractivity contribution is 7.21. The molecule has 1 fully saturated rings. The number of likely N-dealkylation sites (N-methyl/N-ethyl adjacent to an activating group) is 1. The van der Waals surface area contributed by atoms with Crippen molar-refractivity contribution in [2.24, 2.45) is 0 Å². The number of carbonyl (C=O) groups excluding carboxylic acids is 1. The highest BCUT2D eigenvalue weighted by atomic mass is 35.5. The molecule has 26 heavy (non-hydrogen) atoms. The molecule has 0 saturated carbocycles. The Morgan fingerprint density at radius 3 is 2.42 bits per heavy atom. The van der Waals surface area contributed by atoms with Crippen LogP contribution in [-0.2, 0) is 0 Å². The second-order valence-electron chi connectivity index (χ2n) is 6.53. The van der Waals surface area contributed by atoms with E-state index >= 15 is 0 Å². The van der Waals surface area contributed by atoms with Crippen LogP contribution in [0.2, 0.25) is 5.02 Å². The van der Waals surface area contributed by atoms with E-state index in [4.69, 9.17) is 11.6 Å². The van der Waals surface area contributed by atoms with E-state index in [1.54, 1.807) is 0 Å². The molecule has 0 spiro atoms. The summed E-state index contributed by atoms with van der Waals surface area (Å²) < 4.78 is 1.02. The van der Waals surface area contributed by atoms with Crippen LogP contribution >= 0.6 is 22.9 Å². The molecule has 0 radical (unpaired) electrons. The van der Waals surface area contributed by atoms with Crippen molar-refractivity contribution in [3.05, 3.63) is 58.4 Å². The molecule has 1 N–H and O–H groups in total. The first-order chi connectivity index (χ1) is 12.6. The second-order valence-corrected chi connectivity index (χ2v) is 7.96. The first-order valence-corrected chi connectivity index (χ1v) is 9.83. The zero-order valence-corrected chi connectivity index (χ0v) is 16.1. The third kappa shape index (κ3) is 3.43. The summed E-state index contributed by atoms with van der Waals surface area (Å²) in [5.74, 6) is -0.163. The molecule has 6 heteroatoms. The lowest BCUT2D eigenvalue weighted by Crippen LogP contribution is -2.44. The fourth-order valence-electron chi connectivity index (χ4n) is 3.17. The molecule has 0 bridgehead atoms. The van der Waals surface area contributed by atoms with Gasteiger partial charge in [0.1, 0.15) is 4.88 Å². The fourth-order valence-corrected chi connectivity index (χ4v) is 4.58. The first kappa shape index (κ1) is 17.3. The fraction of sp³-hybridized carbons (Fsp3) is 0.250. The van der Waals surface area contributed by atoms with E-state index in [0.29, 0.717) is 9.90 Å². The number of rotatable bonds is 3. The van der Waals surface area contributed by atoms with Crippen LogP contribution < -0.4 is 10.2 Å². The average molecular weight is 386 g/mol. The lowest BCUT2D eigenvalue weighted by atomic mass is 10.2. The molecule has 0 atom stereocenters. The minimum absolute atomic E-state index is 0.163. The number of piperazine rings is 1. The largest absolute Gasteiger partial charge is 0.369 e. The quantitative estimate of drug-likeness (QED) is 0.717. The van der Waals surface area contributed by atoms with Crippen LogP contribution in [0.15, 0.2) is 48.5 Å². The summed E-state index contributed by atoms with van der Waals surface area (Å²) in [6, 6.07) is 15.8. The molecular weight excluding hydrogens is 366 g/mol. The van der Waals surface area contributed by atoms with E-state index in [9.17, 15) is 4.79 Å². The Morgan fingerprint density at radius 2 is 1.73 bits per heavy atom. The van der Waals surface area contributed by atoms with Crippen LogP contribution in [-0.4, -0.2) is 44.0 Å². The molecule has 1 aromatic heterocycles. The summed E-state index contributed by atoms with van der Waals surface area (Å²) in [5.41, 5.74) is 1.97. The van der Waals surface area contributed by atoms with Gasteiger partial charge in [-0.15, -0.1) is 11.3 Å². The van der Waals surface area contributed by atoms with Crippen LogP contribution in [0.25, 0.3) is 10.1 Å². The number of thiophene rings is 1. The van der Waals surface area contributed by atoms with E-state index in [1.807, 2.05) is 36.4 Å². The highest BCUT2D eigenvalue weighted by Gasteiger charge is 2.18. The Morgan fingerprint density at radius 1 is 1.04 bits per heavy atom. The highest BCUT2D eigenvalue weighted by Crippen LogP contribution is 2.35. The predicted molar refractivity (Wildman–Crippen MR) is 111 cm³/mol. The smallest absolute Gasteiger partial charge is 0.267 e. The molecule has 0 aliphatic carbocycles. The number of fused-ring (bicyclic) bond motifs is 1. The molecular formula is C20H20ClN3OS. The summed E-state index contributed by atoms with van der Waals surface area (Å²) in [5, 5.41) is 4.41. The maximum atomic E-state index is 12.6. The number of anilines is 2. The van der Waals surface area contributed by atoms with Gasteiger partial charge in [-0.3, -0.25) is 4.79 Å². The summed E-state index contributed by atoms with van der Waals surface area (Å²) in [6.07, 6.45) is 0. The lowest BCUT2D eigenvalue weighted by Gasteiger charge is -2.34. The summed E-state index contributed by atoms with van der Waals surface area (Å²) in [6.45, 7) is 4.20. The van der Waals surface area contributed by atoms with Crippen LogP contribution in [0.4, 0.5) is 11.4 Å². The lowest BCUT2D eigenvalue weighted by molar-refractivity contribution is 0.103. The minimum Gasteiger partial charge on any atom is -0.369 e. The molecule has 134 valence electrons. The number of benzene rings is 2. The van der Waals surface area contributed by atoms with Crippen molar-refractivity contribution in [2.75, 3.05) is 43.4 Å². The summed E-state index contributed by atoms with van der Waals surface area (Å²) in [4.78, 5) is 17.9. The number of hydrogen-bond donors (Lipinski definition) is 1. The van der Waals surface area contributed by atoms with Gasteiger partial charge < -0.3 is 15.1 Å². The molecule has 1 aliphatic heterocycles. The van der Waals surface area contributed by atoms with Crippen LogP contribution in [0.1, 0.15) is 9.67 Å². The van der Waals surface area contributed by atoms with E-state index in [1.165, 1.54) is 17.0 Å². The van der Waals surface area contributed by atoms with E-state index in [0.717, 1.165) is 42.0 Å². The number of nitrogens with zero attached hydrogens (tertiary/aromatic N) is 2. The number of halogens is 1. The van der Waals surface area contributed by atoms with Crippen LogP contribution in [0, 0.1) is 0 Å². The van der Waals surface area contributed by atoms with Gasteiger partial charge in [-0.25, -0.2) is 0 Å². The Labute approximate surface area is 162 Å². The van der Waals surface area contributed by atoms with Crippen LogP contribution in [0.3, 0.4) is 0 Å². The third-order valence-corrected chi connectivity index (χ3v) is 6.41. The van der Waals surface area contributed by atoms with Gasteiger partial charge in [0.15, 0.2) is 0 Å². The second kappa shape index (κ2) is 7.27. The minimum atomic E-state index is -0.163. The summed E-state index contributed by atoms with van der Waals surface area (Å²) in [7, 11) is 2.15. The van der Waals surface area contributed by atoms with Gasteiger partial charge in [0, 0.05) is 47.6 Å². The van der Waals surface area contributed by atoms with Gasteiger partial charge >= 0.3 is 0 Å². The van der Waals surface area contributed by atoms with Gasteiger partial charge in [0.25, 0.3) is 5.91 Å². The van der Waals surface area contributed by atoms with Crippen molar-refractivity contribution < 1.29 is 4.79 Å². The molecule has 1 saturated heterocycles. The Balaban J connectivity index is 1.48. The van der Waals surface area contributed by atoms with Crippen molar-refractivity contribution in [3.63, 3.8) is 0 Å². The van der Waals surface area contributed by atoms with Crippen molar-refractivity contribution in [3.8, 4) is 0 Å². The van der Waals surface area contributed by atoms with E-state index in [-0.39, 0.29) is 5.91 Å². The molecule has 1 amide bonds. The van der Waals surface area contributed by atoms with E-state index in [2.05, 4.69) is 34.3 Å². The van der Waals surface area contributed by atoms with Crippen molar-refractivity contribution in [1.82, 2.24) is 4.90 Å². The topological polar surface area (TPSA) is 35.6 Å². The Bertz CT molecular complexity index is 930. The average Bonchev–Trinajstić information content (AvgIpc) is 3.00. The Hall–Kier alpha value is -2.08. The monoisotopic (exact) mass is 385 g/mol. The van der Waals surface area contributed by atoms with Gasteiger partial charge in [-0.05, 0) is 37.4 Å². The maximum Gasteiger partial charge on any atom is 0.267 e. The zero-order chi connectivity index (χ0) is 18.1. The number of carbonyl (C=O) groups is 1. The molecule has 4 nitrogen and oxygen atoms in total. The molecule has 1 aliphatic rings. The normalized spacial score (nSPS) is 15.4. The van der Waals surface area contributed by atoms with Crippen molar-refractivity contribution in [2.45, 2.75) is 0 Å². The first-order valence-electron chi connectivity index (χ1n) is 8.64. The van der Waals surface area contributed by atoms with Gasteiger partial charge in [0.05, 0.1) is 5.02 Å². The third-order valence-electron chi connectivity index (χ3n) is 4.73. The van der Waals surface area contributed by atoms with Gasteiger partial charge in [-0.1, -0.05) is 29.8 Å². The number of nitrogens with one attached hydrogen (secondary N) is 1. The van der Waals surface area contributed by atoms with Gasteiger partial charge in [-0.2, -0.15) is 0 Å². The van der Waals surface area contributed by atoms with E-state index < -0.39 is 0 Å². The van der Waals surface area contributed by atoms with Crippen LogP contribution in [0.5, 0.6) is 0 Å². The number of amides is 1. The Kier molecular flexibility index (Phi) is 4.85. The predicted octanol–water partition coefficient (Wildman–Crippen LogP) is 4.56. The molecule has 2 heterocycles. The maximum absolute atomic E-state index is 12.6. The molecule has 4 rings (SSSR count). The van der Waals surface area contributed by atoms with Crippen molar-refractivity contribution >= 4 is 50.3 Å². The molecule has 0 unspecified atom stereocenters. The number of hydrogen-bond acceptors (Lipinski definition) is 4.